The second-order valence-electron chi connectivity index (χ2n) is 6.92. The van der Waals surface area contributed by atoms with E-state index in [4.69, 9.17) is 14.3 Å². The predicted molar refractivity (Wildman–Crippen MR) is 108 cm³/mol. The van der Waals surface area contributed by atoms with Crippen molar-refractivity contribution in [3.63, 3.8) is 0 Å². The molecule has 0 aliphatic carbocycles. The molecule has 3 aromatic rings. The molecule has 32 heavy (non-hydrogen) atoms. The van der Waals surface area contributed by atoms with Crippen molar-refractivity contribution < 1.29 is 49.7 Å². The Kier molecular flexibility index (Phi) is 6.65. The van der Waals surface area contributed by atoms with E-state index < -0.39 is 48.2 Å². The fourth-order valence-corrected chi connectivity index (χ4v) is 3.02. The lowest BCUT2D eigenvalue weighted by molar-refractivity contribution is -0.163. The number of rotatable bonds is 8. The molecular formula is C21H20O11. The number of para-hydroxylation sites is 1. The smallest absolute Gasteiger partial charge is 0.335 e. The van der Waals surface area contributed by atoms with E-state index in [1.54, 1.807) is 12.1 Å². The summed E-state index contributed by atoms with van der Waals surface area (Å²) < 4.78 is 10.6. The van der Waals surface area contributed by atoms with Gasteiger partial charge in [0.25, 0.3) is 0 Å². The fourth-order valence-electron chi connectivity index (χ4n) is 3.02. The first kappa shape index (κ1) is 23.0. The molecule has 2 aromatic carbocycles. The molecule has 0 aliphatic heterocycles. The van der Waals surface area contributed by atoms with E-state index in [0.717, 1.165) is 6.26 Å². The van der Waals surface area contributed by atoms with Crippen LogP contribution in [0.5, 0.6) is 17.2 Å². The molecule has 0 saturated carbocycles. The summed E-state index contributed by atoms with van der Waals surface area (Å²) in [4.78, 5) is 23.6. The zero-order valence-electron chi connectivity index (χ0n) is 16.3. The maximum Gasteiger partial charge on any atom is 0.335 e. The quantitative estimate of drug-likeness (QED) is 0.240. The first-order valence-corrected chi connectivity index (χ1v) is 9.27. The van der Waals surface area contributed by atoms with Crippen LogP contribution >= 0.6 is 0 Å². The van der Waals surface area contributed by atoms with Crippen LogP contribution in [0.15, 0.2) is 51.9 Å². The molecule has 0 aliphatic rings. The van der Waals surface area contributed by atoms with Crippen molar-refractivity contribution >= 4 is 16.9 Å². The molecule has 0 amide bonds. The molecule has 0 unspecified atom stereocenters. The minimum absolute atomic E-state index is 0.0135. The molecule has 4 atom stereocenters. The highest BCUT2D eigenvalue weighted by molar-refractivity contribution is 5.89. The summed E-state index contributed by atoms with van der Waals surface area (Å²) in [6, 6.07) is 8.56. The molecule has 1 heterocycles. The van der Waals surface area contributed by atoms with Crippen LogP contribution in [-0.2, 0) is 4.79 Å². The van der Waals surface area contributed by atoms with Crippen molar-refractivity contribution in [2.24, 2.45) is 0 Å². The number of aliphatic carboxylic acids is 1. The van der Waals surface area contributed by atoms with Crippen LogP contribution in [0, 0.1) is 0 Å². The summed E-state index contributed by atoms with van der Waals surface area (Å²) in [5.41, 5.74) is -0.501. The summed E-state index contributed by atoms with van der Waals surface area (Å²) in [5.74, 6) is -2.89. The number of phenols is 2. The Labute approximate surface area is 179 Å². The molecule has 1 aromatic heterocycles. The molecule has 0 spiro atoms. The minimum Gasteiger partial charge on any atom is -0.507 e. The van der Waals surface area contributed by atoms with E-state index in [-0.39, 0.29) is 33.6 Å². The van der Waals surface area contributed by atoms with Gasteiger partial charge in [0.2, 0.25) is 5.43 Å². The molecule has 170 valence electrons. The van der Waals surface area contributed by atoms with Gasteiger partial charge in [0.15, 0.2) is 17.6 Å². The van der Waals surface area contributed by atoms with Crippen LogP contribution in [0.4, 0.5) is 0 Å². The van der Waals surface area contributed by atoms with Crippen LogP contribution in [0.2, 0.25) is 0 Å². The van der Waals surface area contributed by atoms with Gasteiger partial charge in [-0.25, -0.2) is 4.79 Å². The van der Waals surface area contributed by atoms with E-state index in [2.05, 4.69) is 0 Å². The van der Waals surface area contributed by atoms with Crippen LogP contribution in [0.3, 0.4) is 0 Å². The first-order chi connectivity index (χ1) is 15.1. The van der Waals surface area contributed by atoms with Crippen molar-refractivity contribution in [1.82, 2.24) is 0 Å². The summed E-state index contributed by atoms with van der Waals surface area (Å²) >= 11 is 0. The lowest BCUT2D eigenvalue weighted by Crippen LogP contribution is -2.49. The van der Waals surface area contributed by atoms with Gasteiger partial charge >= 0.3 is 5.97 Å². The van der Waals surface area contributed by atoms with Gasteiger partial charge in [-0.2, -0.15) is 0 Å². The average molecular weight is 448 g/mol. The Bertz CT molecular complexity index is 1190. The number of fused-ring (bicyclic) bond motifs is 1. The molecular weight excluding hydrogens is 428 g/mol. The number of carboxylic acids is 1. The van der Waals surface area contributed by atoms with Crippen molar-refractivity contribution in [1.29, 1.82) is 0 Å². The van der Waals surface area contributed by atoms with Gasteiger partial charge in [-0.1, -0.05) is 18.2 Å². The molecule has 0 bridgehead atoms. The standard InChI is InChI=1S/C21H20O11/c22-11-4-2-1-3-9(11)10-7-31-13-5-6-14(18(26)15(13)16(10)24)32-8-12(23)17(25)19(27)20(28)21(29)30/h1-7,12,17,19-20,22-23,25-28H,8H2,(H,29,30)/t12-,17+,19-,20-/m0/s1. The lowest BCUT2D eigenvalue weighted by atomic mass is 10.0. The van der Waals surface area contributed by atoms with E-state index >= 15 is 0 Å². The third-order valence-corrected chi connectivity index (χ3v) is 4.80. The third-order valence-electron chi connectivity index (χ3n) is 4.80. The van der Waals surface area contributed by atoms with Gasteiger partial charge in [0.05, 0.1) is 5.56 Å². The average Bonchev–Trinajstić information content (AvgIpc) is 2.77. The molecule has 11 nitrogen and oxygen atoms in total. The van der Waals surface area contributed by atoms with Crippen molar-refractivity contribution in [2.75, 3.05) is 6.61 Å². The van der Waals surface area contributed by atoms with Crippen molar-refractivity contribution in [3.8, 4) is 28.4 Å². The monoisotopic (exact) mass is 448 g/mol. The van der Waals surface area contributed by atoms with Crippen LogP contribution < -0.4 is 10.2 Å². The van der Waals surface area contributed by atoms with E-state index in [9.17, 15) is 40.2 Å². The predicted octanol–water partition coefficient (Wildman–Crippen LogP) is -0.222. The Morgan fingerprint density at radius 1 is 0.969 bits per heavy atom. The number of aromatic hydroxyl groups is 2. The molecule has 3 rings (SSSR count). The maximum atomic E-state index is 12.9. The summed E-state index contributed by atoms with van der Waals surface area (Å²) in [7, 11) is 0. The topological polar surface area (TPSA) is 198 Å². The van der Waals surface area contributed by atoms with E-state index in [0.29, 0.717) is 0 Å². The van der Waals surface area contributed by atoms with Gasteiger partial charge in [0.1, 0.15) is 47.9 Å². The Morgan fingerprint density at radius 3 is 2.31 bits per heavy atom. The summed E-state index contributed by atoms with van der Waals surface area (Å²) in [6.45, 7) is -0.728. The second kappa shape index (κ2) is 9.24. The maximum absolute atomic E-state index is 12.9. The molecule has 11 heteroatoms. The summed E-state index contributed by atoms with van der Waals surface area (Å²) in [6.07, 6.45) is -7.34. The molecule has 0 saturated heterocycles. The van der Waals surface area contributed by atoms with Crippen molar-refractivity contribution in [2.45, 2.75) is 24.4 Å². The van der Waals surface area contributed by atoms with Gasteiger partial charge < -0.3 is 44.9 Å². The van der Waals surface area contributed by atoms with E-state index in [1.807, 2.05) is 0 Å². The zero-order chi connectivity index (χ0) is 23.6. The van der Waals surface area contributed by atoms with E-state index in [1.165, 1.54) is 24.3 Å². The van der Waals surface area contributed by atoms with Gasteiger partial charge in [-0.3, -0.25) is 4.79 Å². The van der Waals surface area contributed by atoms with Crippen LogP contribution in [-0.4, -0.2) is 72.7 Å². The highest BCUT2D eigenvalue weighted by Crippen LogP contribution is 2.35. The molecule has 0 fully saturated rings. The SMILES string of the molecule is O=C(O)[C@@H](O)[C@@H](O)[C@H](O)[C@@H](O)COc1ccc2occ(-c3ccccc3O)c(=O)c2c1O. The number of aliphatic hydroxyl groups is 4. The second-order valence-corrected chi connectivity index (χ2v) is 6.92. The van der Waals surface area contributed by atoms with Gasteiger partial charge in [-0.05, 0) is 18.2 Å². The van der Waals surface area contributed by atoms with Gasteiger partial charge in [0, 0.05) is 5.56 Å². The summed E-state index contributed by atoms with van der Waals surface area (Å²) in [5, 5.41) is 67.5. The number of ether oxygens (including phenoxy) is 1. The zero-order valence-corrected chi connectivity index (χ0v) is 16.3. The number of benzene rings is 2. The normalized spacial score (nSPS) is 15.1. The van der Waals surface area contributed by atoms with Gasteiger partial charge in [-0.15, -0.1) is 0 Å². The highest BCUT2D eigenvalue weighted by atomic mass is 16.5. The number of hydrogen-bond donors (Lipinski definition) is 7. The largest absolute Gasteiger partial charge is 0.507 e. The lowest BCUT2D eigenvalue weighted by Gasteiger charge is -2.24. The van der Waals surface area contributed by atoms with Crippen molar-refractivity contribution in [3.05, 3.63) is 52.9 Å². The van der Waals surface area contributed by atoms with Crippen LogP contribution in [0.25, 0.3) is 22.1 Å². The first-order valence-electron chi connectivity index (χ1n) is 9.27. The Morgan fingerprint density at radius 2 is 1.66 bits per heavy atom. The number of carboxylic acid groups (broad SMARTS) is 1. The number of aliphatic hydroxyl groups excluding tert-OH is 4. The van der Waals surface area contributed by atoms with Crippen LogP contribution in [0.1, 0.15) is 0 Å². The molecule has 7 N–H and O–H groups in total. The Balaban J connectivity index is 1.88. The minimum atomic E-state index is -2.34. The number of carbonyl (C=O) groups is 1. The highest BCUT2D eigenvalue weighted by Gasteiger charge is 2.34. The Hall–Kier alpha value is -3.64. The fraction of sp³-hybridized carbons (Fsp3) is 0.238. The third kappa shape index (κ3) is 4.36. The number of hydrogen-bond acceptors (Lipinski definition) is 10. The number of phenolic OH excluding ortho intramolecular Hbond substituents is 2. The molecule has 0 radical (unpaired) electrons.